The molecule has 0 radical (unpaired) electrons. The van der Waals surface area contributed by atoms with Crippen LogP contribution in [0.2, 0.25) is 4.34 Å². The van der Waals surface area contributed by atoms with Crippen LogP contribution in [0.25, 0.3) is 11.5 Å². The van der Waals surface area contributed by atoms with Gasteiger partial charge in [0.2, 0.25) is 5.89 Å². The van der Waals surface area contributed by atoms with Crippen LogP contribution in [-0.4, -0.2) is 33.5 Å². The minimum absolute atomic E-state index is 0.0237. The number of hydrogen-bond donors (Lipinski definition) is 1. The van der Waals surface area contributed by atoms with Crippen molar-refractivity contribution in [3.63, 3.8) is 0 Å². The van der Waals surface area contributed by atoms with Gasteiger partial charge in [-0.2, -0.15) is 0 Å². The molecular formula is C28H25ClN2O5S. The lowest BCUT2D eigenvalue weighted by molar-refractivity contribution is -0.136. The van der Waals surface area contributed by atoms with Crippen molar-refractivity contribution in [3.05, 3.63) is 92.0 Å². The van der Waals surface area contributed by atoms with E-state index >= 15 is 0 Å². The SMILES string of the molecule is Cc1oc(-c2ccccc2)nc1CCOc1ccc(CCC(=O)O)c2c1CN(C(=O)c1csc(Cl)c1)C2. The molecule has 1 aliphatic heterocycles. The number of carbonyl (C=O) groups is 2. The van der Waals surface area contributed by atoms with Gasteiger partial charge in [0.15, 0.2) is 0 Å². The number of thiophene rings is 1. The third-order valence-electron chi connectivity index (χ3n) is 6.40. The molecular weight excluding hydrogens is 512 g/mol. The van der Waals surface area contributed by atoms with Gasteiger partial charge in [-0.1, -0.05) is 35.9 Å². The van der Waals surface area contributed by atoms with Crippen molar-refractivity contribution in [2.75, 3.05) is 6.61 Å². The van der Waals surface area contributed by atoms with Crippen molar-refractivity contribution < 1.29 is 23.8 Å². The number of fused-ring (bicyclic) bond motifs is 1. The highest BCUT2D eigenvalue weighted by Gasteiger charge is 2.29. The fourth-order valence-electron chi connectivity index (χ4n) is 4.51. The van der Waals surface area contributed by atoms with E-state index in [9.17, 15) is 14.7 Å². The predicted octanol–water partition coefficient (Wildman–Crippen LogP) is 6.16. The van der Waals surface area contributed by atoms with E-state index in [4.69, 9.17) is 20.8 Å². The Labute approximate surface area is 223 Å². The van der Waals surface area contributed by atoms with E-state index in [0.717, 1.165) is 33.7 Å². The zero-order valence-electron chi connectivity index (χ0n) is 20.2. The monoisotopic (exact) mass is 536 g/mol. The average molecular weight is 537 g/mol. The number of rotatable bonds is 9. The Morgan fingerprint density at radius 2 is 1.92 bits per heavy atom. The summed E-state index contributed by atoms with van der Waals surface area (Å²) in [5, 5.41) is 10.9. The molecule has 7 nitrogen and oxygen atoms in total. The number of hydrogen-bond acceptors (Lipinski definition) is 6. The topological polar surface area (TPSA) is 92.9 Å². The van der Waals surface area contributed by atoms with Gasteiger partial charge in [-0.05, 0) is 48.7 Å². The lowest BCUT2D eigenvalue weighted by Gasteiger charge is -2.14. The number of carbonyl (C=O) groups excluding carboxylic acids is 1. The Kier molecular flexibility index (Phi) is 7.30. The summed E-state index contributed by atoms with van der Waals surface area (Å²) in [4.78, 5) is 30.7. The molecule has 0 fully saturated rings. The standard InChI is InChI=1S/C28H25ClN2O5S/c1-17-23(30-27(36-17)19-5-3-2-4-6-19)11-12-35-24-9-7-18(8-10-26(32)33)21-14-31(15-22(21)24)28(34)20-13-25(29)37-16-20/h2-7,9,13,16H,8,10-12,14-15H2,1H3,(H,32,33). The third kappa shape index (κ3) is 5.55. The normalized spacial score (nSPS) is 12.5. The molecule has 0 saturated carbocycles. The van der Waals surface area contributed by atoms with Gasteiger partial charge in [0.1, 0.15) is 11.5 Å². The number of nitrogens with zero attached hydrogens (tertiary/aromatic N) is 2. The number of oxazole rings is 1. The van der Waals surface area contributed by atoms with Crippen LogP contribution in [0.15, 0.2) is 58.3 Å². The molecule has 0 spiro atoms. The maximum Gasteiger partial charge on any atom is 0.303 e. The number of aromatic nitrogens is 1. The van der Waals surface area contributed by atoms with Gasteiger partial charge in [0, 0.05) is 35.9 Å². The first-order valence-electron chi connectivity index (χ1n) is 11.9. The summed E-state index contributed by atoms with van der Waals surface area (Å²) in [6, 6.07) is 15.2. The van der Waals surface area contributed by atoms with E-state index in [1.165, 1.54) is 11.3 Å². The third-order valence-corrected chi connectivity index (χ3v) is 7.49. The van der Waals surface area contributed by atoms with E-state index in [0.29, 0.717) is 54.1 Å². The Morgan fingerprint density at radius 1 is 1.14 bits per heavy atom. The number of aryl methyl sites for hydroxylation is 2. The minimum Gasteiger partial charge on any atom is -0.493 e. The van der Waals surface area contributed by atoms with Crippen LogP contribution in [0.1, 0.15) is 44.9 Å². The van der Waals surface area contributed by atoms with E-state index < -0.39 is 5.97 Å². The lowest BCUT2D eigenvalue weighted by Crippen LogP contribution is -2.25. The van der Waals surface area contributed by atoms with Crippen molar-refractivity contribution >= 4 is 34.8 Å². The second-order valence-corrected chi connectivity index (χ2v) is 10.4. The highest BCUT2D eigenvalue weighted by Crippen LogP contribution is 2.36. The van der Waals surface area contributed by atoms with Crippen LogP contribution in [0.3, 0.4) is 0 Å². The smallest absolute Gasteiger partial charge is 0.303 e. The van der Waals surface area contributed by atoms with Gasteiger partial charge in [0.25, 0.3) is 5.91 Å². The van der Waals surface area contributed by atoms with Crippen LogP contribution in [-0.2, 0) is 30.7 Å². The summed E-state index contributed by atoms with van der Waals surface area (Å²) >= 11 is 7.35. The largest absolute Gasteiger partial charge is 0.493 e. The fraction of sp³-hybridized carbons (Fsp3) is 0.250. The molecule has 1 amide bonds. The first kappa shape index (κ1) is 25.0. The molecule has 1 aliphatic rings. The molecule has 4 aromatic rings. The molecule has 2 aromatic carbocycles. The maximum absolute atomic E-state index is 13.1. The highest BCUT2D eigenvalue weighted by atomic mass is 35.5. The Hall–Kier alpha value is -3.62. The quantitative estimate of drug-likeness (QED) is 0.275. The average Bonchev–Trinajstić information content (AvgIpc) is 3.62. The summed E-state index contributed by atoms with van der Waals surface area (Å²) in [7, 11) is 0. The highest BCUT2D eigenvalue weighted by molar-refractivity contribution is 7.14. The Bertz CT molecular complexity index is 1450. The summed E-state index contributed by atoms with van der Waals surface area (Å²) in [5.41, 5.74) is 5.09. The molecule has 0 unspecified atom stereocenters. The van der Waals surface area contributed by atoms with E-state index in [1.807, 2.05) is 49.4 Å². The summed E-state index contributed by atoms with van der Waals surface area (Å²) in [5.74, 6) is 1.06. The molecule has 1 N–H and O–H groups in total. The molecule has 5 rings (SSSR count). The van der Waals surface area contributed by atoms with Crippen molar-refractivity contribution in [1.82, 2.24) is 9.88 Å². The van der Waals surface area contributed by atoms with Crippen LogP contribution >= 0.6 is 22.9 Å². The second-order valence-electron chi connectivity index (χ2n) is 8.86. The fourth-order valence-corrected chi connectivity index (χ4v) is 5.36. The van der Waals surface area contributed by atoms with Gasteiger partial charge in [-0.15, -0.1) is 11.3 Å². The van der Waals surface area contributed by atoms with Crippen molar-refractivity contribution in [2.24, 2.45) is 0 Å². The van der Waals surface area contributed by atoms with Gasteiger partial charge in [-0.25, -0.2) is 4.98 Å². The number of carboxylic acid groups (broad SMARTS) is 1. The first-order valence-corrected chi connectivity index (χ1v) is 13.2. The van der Waals surface area contributed by atoms with Crippen LogP contribution < -0.4 is 4.74 Å². The first-order chi connectivity index (χ1) is 17.9. The van der Waals surface area contributed by atoms with E-state index in [2.05, 4.69) is 4.98 Å². The summed E-state index contributed by atoms with van der Waals surface area (Å²) < 4.78 is 12.6. The second kappa shape index (κ2) is 10.8. The molecule has 2 aromatic heterocycles. The number of aliphatic carboxylic acids is 1. The van der Waals surface area contributed by atoms with E-state index in [-0.39, 0.29) is 12.3 Å². The lowest BCUT2D eigenvalue weighted by atomic mass is 9.99. The minimum atomic E-state index is -0.856. The molecule has 3 heterocycles. The molecule has 9 heteroatoms. The van der Waals surface area contributed by atoms with Gasteiger partial charge >= 0.3 is 5.97 Å². The van der Waals surface area contributed by atoms with Gasteiger partial charge < -0.3 is 19.2 Å². The van der Waals surface area contributed by atoms with Gasteiger partial charge in [-0.3, -0.25) is 9.59 Å². The predicted molar refractivity (Wildman–Crippen MR) is 141 cm³/mol. The molecule has 0 saturated heterocycles. The van der Waals surface area contributed by atoms with Crippen LogP contribution in [0.4, 0.5) is 0 Å². The van der Waals surface area contributed by atoms with Crippen LogP contribution in [0.5, 0.6) is 5.75 Å². The molecule has 0 bridgehead atoms. The molecule has 0 atom stereocenters. The molecule has 0 aliphatic carbocycles. The molecule has 37 heavy (non-hydrogen) atoms. The zero-order valence-corrected chi connectivity index (χ0v) is 21.8. The van der Waals surface area contributed by atoms with Crippen molar-refractivity contribution in [1.29, 1.82) is 0 Å². The molecule has 190 valence electrons. The zero-order chi connectivity index (χ0) is 25.9. The number of ether oxygens (including phenoxy) is 1. The van der Waals surface area contributed by atoms with Crippen LogP contribution in [0, 0.1) is 6.92 Å². The van der Waals surface area contributed by atoms with Gasteiger partial charge in [0.05, 0.1) is 28.7 Å². The number of carboxylic acids is 1. The number of benzene rings is 2. The summed E-state index contributed by atoms with van der Waals surface area (Å²) in [6.45, 7) is 3.07. The Morgan fingerprint density at radius 3 is 2.65 bits per heavy atom. The Balaban J connectivity index is 1.32. The maximum atomic E-state index is 13.1. The number of amides is 1. The van der Waals surface area contributed by atoms with Crippen molar-refractivity contribution in [2.45, 2.75) is 39.3 Å². The number of halogens is 1. The van der Waals surface area contributed by atoms with E-state index in [1.54, 1.807) is 16.3 Å². The van der Waals surface area contributed by atoms with Crippen molar-refractivity contribution in [3.8, 4) is 17.2 Å². The summed E-state index contributed by atoms with van der Waals surface area (Å²) in [6.07, 6.45) is 0.980.